The maximum Gasteiger partial charge on any atom is 0.265 e. The molecular weight excluding hydrogens is 426 g/mol. The van der Waals surface area contributed by atoms with Gasteiger partial charge in [0.25, 0.3) is 11.8 Å². The number of nitrogens with one attached hydrogen (secondary N) is 2. The summed E-state index contributed by atoms with van der Waals surface area (Å²) >= 11 is 1.48. The molecule has 1 fully saturated rings. The van der Waals surface area contributed by atoms with Crippen molar-refractivity contribution >= 4 is 39.5 Å². The van der Waals surface area contributed by atoms with Gasteiger partial charge in [-0.2, -0.15) is 0 Å². The van der Waals surface area contributed by atoms with Gasteiger partial charge in [-0.05, 0) is 36.8 Å². The van der Waals surface area contributed by atoms with Crippen LogP contribution in [0.1, 0.15) is 16.6 Å². The Balaban J connectivity index is 1.42. The number of ether oxygens (including phenoxy) is 2. The molecule has 1 atom stereocenters. The molecule has 2 amide bonds. The summed E-state index contributed by atoms with van der Waals surface area (Å²) in [5.41, 5.74) is 3.26. The summed E-state index contributed by atoms with van der Waals surface area (Å²) in [6.45, 7) is 4.64. The van der Waals surface area contributed by atoms with Gasteiger partial charge in [-0.1, -0.05) is 30.3 Å². The van der Waals surface area contributed by atoms with Gasteiger partial charge in [0.05, 0.1) is 28.8 Å². The van der Waals surface area contributed by atoms with Gasteiger partial charge in [0.15, 0.2) is 6.10 Å². The van der Waals surface area contributed by atoms with Crippen LogP contribution in [0.25, 0.3) is 11.1 Å². The summed E-state index contributed by atoms with van der Waals surface area (Å²) in [5, 5.41) is 6.83. The van der Waals surface area contributed by atoms with Crippen LogP contribution in [0.4, 0.5) is 16.4 Å². The van der Waals surface area contributed by atoms with E-state index in [1.54, 1.807) is 25.1 Å². The van der Waals surface area contributed by atoms with Crippen LogP contribution in [0, 0.1) is 0 Å². The zero-order valence-corrected chi connectivity index (χ0v) is 18.4. The van der Waals surface area contributed by atoms with Gasteiger partial charge in [-0.15, -0.1) is 11.3 Å². The molecule has 0 spiro atoms. The first kappa shape index (κ1) is 20.5. The molecule has 0 saturated carbocycles. The molecule has 8 heteroatoms. The summed E-state index contributed by atoms with van der Waals surface area (Å²) in [4.78, 5) is 27.9. The van der Waals surface area contributed by atoms with E-state index < -0.39 is 6.10 Å². The van der Waals surface area contributed by atoms with Crippen LogP contribution in [0.3, 0.4) is 0 Å². The molecule has 0 bridgehead atoms. The number of amides is 2. The third-order valence-corrected chi connectivity index (χ3v) is 6.68. The molecule has 3 aromatic rings. The molecule has 2 aliphatic heterocycles. The lowest BCUT2D eigenvalue weighted by molar-refractivity contribution is -0.122. The predicted molar refractivity (Wildman–Crippen MR) is 126 cm³/mol. The molecular formula is C24H23N3O4S. The number of anilines is 3. The number of carbonyl (C=O) groups excluding carboxylic acids is 2. The van der Waals surface area contributed by atoms with Crippen molar-refractivity contribution in [2.75, 3.05) is 41.8 Å². The van der Waals surface area contributed by atoms with Gasteiger partial charge in [0.2, 0.25) is 0 Å². The molecule has 2 aromatic carbocycles. The third-order valence-electron chi connectivity index (χ3n) is 5.49. The van der Waals surface area contributed by atoms with Gasteiger partial charge in [-0.3, -0.25) is 9.59 Å². The normalized spacial score (nSPS) is 17.8. The smallest absolute Gasteiger partial charge is 0.265 e. The number of hydrogen-bond donors (Lipinski definition) is 2. The Morgan fingerprint density at radius 1 is 1.12 bits per heavy atom. The van der Waals surface area contributed by atoms with E-state index in [4.69, 9.17) is 9.47 Å². The number of thiophene rings is 1. The minimum atomic E-state index is -0.538. The third kappa shape index (κ3) is 4.06. The minimum Gasteiger partial charge on any atom is -0.479 e. The van der Waals surface area contributed by atoms with E-state index in [1.807, 2.05) is 24.3 Å². The van der Waals surface area contributed by atoms with E-state index in [9.17, 15) is 9.59 Å². The number of morpholine rings is 1. The van der Waals surface area contributed by atoms with Crippen LogP contribution in [-0.2, 0) is 9.53 Å². The predicted octanol–water partition coefficient (Wildman–Crippen LogP) is 4.22. The second-order valence-corrected chi connectivity index (χ2v) is 8.74. The van der Waals surface area contributed by atoms with Gasteiger partial charge in [0, 0.05) is 24.3 Å². The van der Waals surface area contributed by atoms with E-state index in [-0.39, 0.29) is 11.8 Å². The van der Waals surface area contributed by atoms with Crippen molar-refractivity contribution in [2.24, 2.45) is 0 Å². The lowest BCUT2D eigenvalue weighted by Gasteiger charge is -2.28. The highest BCUT2D eigenvalue weighted by atomic mass is 32.1. The summed E-state index contributed by atoms with van der Waals surface area (Å²) in [6, 6.07) is 17.3. The Morgan fingerprint density at radius 3 is 2.69 bits per heavy atom. The van der Waals surface area contributed by atoms with Crippen molar-refractivity contribution in [1.29, 1.82) is 0 Å². The largest absolute Gasteiger partial charge is 0.479 e. The summed E-state index contributed by atoms with van der Waals surface area (Å²) in [7, 11) is 0. The van der Waals surface area contributed by atoms with E-state index in [1.165, 1.54) is 11.3 Å². The highest BCUT2D eigenvalue weighted by molar-refractivity contribution is 7.18. The molecule has 164 valence electrons. The standard InChI is InChI=1S/C24H23N3O4S/c1-15-22(28)26-19-13-17(7-8-20(19)31-15)25-23(29)21-14-18(16-5-3-2-4-6-16)24(32-21)27-9-11-30-12-10-27/h2-8,13-15H,9-12H2,1H3,(H,25,29)(H,26,28). The van der Waals surface area contributed by atoms with Crippen LogP contribution in [0.15, 0.2) is 54.6 Å². The molecule has 3 heterocycles. The lowest BCUT2D eigenvalue weighted by atomic mass is 10.1. The summed E-state index contributed by atoms with van der Waals surface area (Å²) in [5.74, 6) is 0.192. The van der Waals surface area contributed by atoms with E-state index in [2.05, 4.69) is 27.7 Å². The van der Waals surface area contributed by atoms with Crippen LogP contribution in [0.2, 0.25) is 0 Å². The fraction of sp³-hybridized carbons (Fsp3) is 0.250. The zero-order chi connectivity index (χ0) is 22.1. The SMILES string of the molecule is CC1Oc2ccc(NC(=O)c3cc(-c4ccccc4)c(N4CCOCC4)s3)cc2NC1=O. The average molecular weight is 450 g/mol. The Labute approximate surface area is 190 Å². The molecule has 1 aromatic heterocycles. The van der Waals surface area contributed by atoms with Gasteiger partial charge in [0.1, 0.15) is 5.75 Å². The number of hydrogen-bond acceptors (Lipinski definition) is 6. The topological polar surface area (TPSA) is 79.9 Å². The number of carbonyl (C=O) groups is 2. The van der Waals surface area contributed by atoms with E-state index in [0.717, 1.165) is 29.2 Å². The molecule has 2 aliphatic rings. The highest BCUT2D eigenvalue weighted by Gasteiger charge is 2.25. The van der Waals surface area contributed by atoms with Crippen LogP contribution in [0.5, 0.6) is 5.75 Å². The first-order chi connectivity index (χ1) is 15.6. The number of fused-ring (bicyclic) bond motifs is 1. The number of nitrogens with zero attached hydrogens (tertiary/aromatic N) is 1. The fourth-order valence-electron chi connectivity index (χ4n) is 3.80. The maximum absolute atomic E-state index is 13.1. The molecule has 32 heavy (non-hydrogen) atoms. The molecule has 2 N–H and O–H groups in total. The Bertz CT molecular complexity index is 1160. The van der Waals surface area contributed by atoms with Gasteiger partial charge >= 0.3 is 0 Å². The van der Waals surface area contributed by atoms with E-state index >= 15 is 0 Å². The monoisotopic (exact) mass is 449 g/mol. The summed E-state index contributed by atoms with van der Waals surface area (Å²) < 4.78 is 11.1. The Kier molecular flexibility index (Phi) is 5.55. The molecule has 1 saturated heterocycles. The second-order valence-electron chi connectivity index (χ2n) is 7.71. The minimum absolute atomic E-state index is 0.192. The lowest BCUT2D eigenvalue weighted by Crippen LogP contribution is -2.35. The molecule has 0 aliphatic carbocycles. The van der Waals surface area contributed by atoms with Gasteiger partial charge < -0.3 is 25.0 Å². The van der Waals surface area contributed by atoms with Crippen molar-refractivity contribution in [3.8, 4) is 16.9 Å². The molecule has 5 rings (SSSR count). The average Bonchev–Trinajstić information content (AvgIpc) is 3.27. The first-order valence-corrected chi connectivity index (χ1v) is 11.3. The van der Waals surface area contributed by atoms with Gasteiger partial charge in [-0.25, -0.2) is 0 Å². The molecule has 7 nitrogen and oxygen atoms in total. The van der Waals surface area contributed by atoms with Crippen LogP contribution in [-0.4, -0.2) is 44.2 Å². The fourth-order valence-corrected chi connectivity index (χ4v) is 4.93. The zero-order valence-electron chi connectivity index (χ0n) is 17.6. The summed E-state index contributed by atoms with van der Waals surface area (Å²) in [6.07, 6.45) is -0.538. The van der Waals surface area contributed by atoms with Crippen molar-refractivity contribution in [3.05, 3.63) is 59.5 Å². The van der Waals surface area contributed by atoms with Crippen molar-refractivity contribution < 1.29 is 19.1 Å². The van der Waals surface area contributed by atoms with Crippen LogP contribution >= 0.6 is 11.3 Å². The van der Waals surface area contributed by atoms with Crippen molar-refractivity contribution in [2.45, 2.75) is 13.0 Å². The molecule has 1 unspecified atom stereocenters. The van der Waals surface area contributed by atoms with Crippen molar-refractivity contribution in [1.82, 2.24) is 0 Å². The Morgan fingerprint density at radius 2 is 1.91 bits per heavy atom. The van der Waals surface area contributed by atoms with E-state index in [0.29, 0.717) is 35.2 Å². The van der Waals surface area contributed by atoms with Crippen LogP contribution < -0.4 is 20.3 Å². The first-order valence-electron chi connectivity index (χ1n) is 10.5. The van der Waals surface area contributed by atoms with Crippen molar-refractivity contribution in [3.63, 3.8) is 0 Å². The Hall–Kier alpha value is -3.36. The highest BCUT2D eigenvalue weighted by Crippen LogP contribution is 2.40. The maximum atomic E-state index is 13.1. The molecule has 0 radical (unpaired) electrons. The quantitative estimate of drug-likeness (QED) is 0.623. The number of benzene rings is 2. The number of rotatable bonds is 4. The second kappa shape index (κ2) is 8.64.